The van der Waals surface area contributed by atoms with E-state index in [1.165, 1.54) is 0 Å². The van der Waals surface area contributed by atoms with Gasteiger partial charge in [-0.3, -0.25) is 0 Å². The SMILES string of the molecule is FC1(F)CC=C(c2ccc(S)cc2)CC1. The molecule has 0 amide bonds. The summed E-state index contributed by atoms with van der Waals surface area (Å²) in [6.45, 7) is 0. The number of hydrogen-bond donors (Lipinski definition) is 1. The Morgan fingerprint density at radius 1 is 1.13 bits per heavy atom. The predicted octanol–water partition coefficient (Wildman–Crippen LogP) is 4.18. The maximum absolute atomic E-state index is 12.9. The van der Waals surface area contributed by atoms with Crippen LogP contribution >= 0.6 is 12.6 Å². The highest BCUT2D eigenvalue weighted by Gasteiger charge is 2.30. The fourth-order valence-corrected chi connectivity index (χ4v) is 1.88. The second-order valence-corrected chi connectivity index (χ2v) is 4.35. The van der Waals surface area contributed by atoms with Crippen LogP contribution in [0.15, 0.2) is 35.2 Å². The molecule has 80 valence electrons. The Morgan fingerprint density at radius 3 is 2.33 bits per heavy atom. The maximum atomic E-state index is 12.9. The van der Waals surface area contributed by atoms with Crippen molar-refractivity contribution in [1.82, 2.24) is 0 Å². The van der Waals surface area contributed by atoms with Gasteiger partial charge in [-0.25, -0.2) is 8.78 Å². The summed E-state index contributed by atoms with van der Waals surface area (Å²) in [6.07, 6.45) is 1.93. The second-order valence-electron chi connectivity index (χ2n) is 3.84. The van der Waals surface area contributed by atoms with Crippen LogP contribution in [0.4, 0.5) is 8.78 Å². The number of rotatable bonds is 1. The Balaban J connectivity index is 2.19. The van der Waals surface area contributed by atoms with Crippen LogP contribution in [0, 0.1) is 0 Å². The van der Waals surface area contributed by atoms with E-state index in [1.54, 1.807) is 6.08 Å². The second kappa shape index (κ2) is 3.97. The van der Waals surface area contributed by atoms with Gasteiger partial charge in [-0.2, -0.15) is 0 Å². The molecule has 0 aromatic heterocycles. The van der Waals surface area contributed by atoms with Crippen molar-refractivity contribution in [1.29, 1.82) is 0 Å². The van der Waals surface area contributed by atoms with E-state index in [0.717, 1.165) is 16.0 Å². The lowest BCUT2D eigenvalue weighted by molar-refractivity contribution is -0.00602. The van der Waals surface area contributed by atoms with Crippen molar-refractivity contribution < 1.29 is 8.78 Å². The fraction of sp³-hybridized carbons (Fsp3) is 0.333. The van der Waals surface area contributed by atoms with E-state index in [2.05, 4.69) is 12.6 Å². The van der Waals surface area contributed by atoms with Gasteiger partial charge in [-0.15, -0.1) is 12.6 Å². The molecule has 3 heteroatoms. The Kier molecular flexibility index (Phi) is 2.83. The van der Waals surface area contributed by atoms with Crippen LogP contribution in [-0.2, 0) is 0 Å². The first kappa shape index (κ1) is 10.7. The highest BCUT2D eigenvalue weighted by molar-refractivity contribution is 7.80. The van der Waals surface area contributed by atoms with Gasteiger partial charge in [0.05, 0.1) is 0 Å². The van der Waals surface area contributed by atoms with E-state index in [1.807, 2.05) is 24.3 Å². The molecule has 0 saturated heterocycles. The summed E-state index contributed by atoms with van der Waals surface area (Å²) in [4.78, 5) is 0.889. The van der Waals surface area contributed by atoms with Gasteiger partial charge in [0.1, 0.15) is 0 Å². The number of alkyl halides is 2. The van der Waals surface area contributed by atoms with E-state index in [9.17, 15) is 8.78 Å². The third-order valence-electron chi connectivity index (χ3n) is 2.65. The van der Waals surface area contributed by atoms with Crippen LogP contribution in [0.2, 0.25) is 0 Å². The number of hydrogen-bond acceptors (Lipinski definition) is 1. The molecular weight excluding hydrogens is 214 g/mol. The van der Waals surface area contributed by atoms with Gasteiger partial charge < -0.3 is 0 Å². The smallest absolute Gasteiger partial charge is 0.207 e. The number of benzene rings is 1. The molecule has 0 aliphatic heterocycles. The summed E-state index contributed by atoms with van der Waals surface area (Å²) < 4.78 is 25.8. The Labute approximate surface area is 93.4 Å². The molecule has 0 bridgehead atoms. The molecular formula is C12H12F2S. The molecule has 0 heterocycles. The van der Waals surface area contributed by atoms with Crippen LogP contribution in [0.1, 0.15) is 24.8 Å². The first-order chi connectivity index (χ1) is 7.07. The Morgan fingerprint density at radius 2 is 1.80 bits per heavy atom. The number of halogens is 2. The van der Waals surface area contributed by atoms with Gasteiger partial charge in [-0.1, -0.05) is 18.2 Å². The lowest BCUT2D eigenvalue weighted by Crippen LogP contribution is -2.18. The van der Waals surface area contributed by atoms with Gasteiger partial charge in [0, 0.05) is 17.7 Å². The van der Waals surface area contributed by atoms with E-state index < -0.39 is 5.92 Å². The molecule has 0 N–H and O–H groups in total. The van der Waals surface area contributed by atoms with Crippen molar-refractivity contribution >= 4 is 18.2 Å². The van der Waals surface area contributed by atoms with Crippen LogP contribution in [0.25, 0.3) is 5.57 Å². The average Bonchev–Trinajstić information content (AvgIpc) is 2.20. The molecule has 0 atom stereocenters. The topological polar surface area (TPSA) is 0 Å². The highest BCUT2D eigenvalue weighted by atomic mass is 32.1. The van der Waals surface area contributed by atoms with Crippen LogP contribution in [0.3, 0.4) is 0 Å². The van der Waals surface area contributed by atoms with E-state index >= 15 is 0 Å². The van der Waals surface area contributed by atoms with Crippen molar-refractivity contribution in [3.63, 3.8) is 0 Å². The van der Waals surface area contributed by atoms with Crippen LogP contribution in [0.5, 0.6) is 0 Å². The minimum Gasteiger partial charge on any atom is -0.207 e. The first-order valence-corrected chi connectivity index (χ1v) is 5.38. The lowest BCUT2D eigenvalue weighted by atomic mass is 9.91. The zero-order chi connectivity index (χ0) is 10.9. The quantitative estimate of drug-likeness (QED) is 0.682. The summed E-state index contributed by atoms with van der Waals surface area (Å²) in [5, 5.41) is 0. The summed E-state index contributed by atoms with van der Waals surface area (Å²) in [6, 6.07) is 7.62. The standard InChI is InChI=1S/C12H12F2S/c13-12(14)7-5-10(6-8-12)9-1-3-11(15)4-2-9/h1-5,15H,6-8H2. The third kappa shape index (κ3) is 2.59. The molecule has 1 aromatic rings. The molecule has 0 unspecified atom stereocenters. The molecule has 1 aromatic carbocycles. The molecule has 0 nitrogen and oxygen atoms in total. The maximum Gasteiger partial charge on any atom is 0.251 e. The van der Waals surface area contributed by atoms with Crippen LogP contribution in [-0.4, -0.2) is 5.92 Å². The van der Waals surface area contributed by atoms with E-state index in [-0.39, 0.29) is 12.8 Å². The van der Waals surface area contributed by atoms with Gasteiger partial charge in [0.2, 0.25) is 0 Å². The highest BCUT2D eigenvalue weighted by Crippen LogP contribution is 2.36. The van der Waals surface area contributed by atoms with Gasteiger partial charge in [0.15, 0.2) is 0 Å². The van der Waals surface area contributed by atoms with Crippen LogP contribution < -0.4 is 0 Å². The Hall–Kier alpha value is -0.830. The number of thiol groups is 1. The zero-order valence-corrected chi connectivity index (χ0v) is 9.11. The van der Waals surface area contributed by atoms with Gasteiger partial charge in [-0.05, 0) is 29.7 Å². The molecule has 15 heavy (non-hydrogen) atoms. The molecule has 0 spiro atoms. The normalized spacial score (nSPS) is 19.8. The molecule has 0 saturated carbocycles. The minimum atomic E-state index is -2.51. The van der Waals surface area contributed by atoms with Crippen molar-refractivity contribution in [3.8, 4) is 0 Å². The van der Waals surface area contributed by atoms with Gasteiger partial charge in [0.25, 0.3) is 5.92 Å². The molecule has 0 fully saturated rings. The molecule has 1 aliphatic carbocycles. The Bertz CT molecular complexity index is 379. The zero-order valence-electron chi connectivity index (χ0n) is 8.21. The predicted molar refractivity (Wildman–Crippen MR) is 60.5 cm³/mol. The largest absolute Gasteiger partial charge is 0.251 e. The summed E-state index contributed by atoms with van der Waals surface area (Å²) in [5.74, 6) is -2.51. The van der Waals surface area contributed by atoms with E-state index in [0.29, 0.717) is 6.42 Å². The summed E-state index contributed by atoms with van der Waals surface area (Å²) in [5.41, 5.74) is 2.05. The number of allylic oxidation sites excluding steroid dienone is 2. The fourth-order valence-electron chi connectivity index (χ4n) is 1.73. The lowest BCUT2D eigenvalue weighted by Gasteiger charge is -2.21. The van der Waals surface area contributed by atoms with Gasteiger partial charge >= 0.3 is 0 Å². The minimum absolute atomic E-state index is 0.0402. The monoisotopic (exact) mass is 226 g/mol. The third-order valence-corrected chi connectivity index (χ3v) is 2.94. The van der Waals surface area contributed by atoms with Crippen molar-refractivity contribution in [2.24, 2.45) is 0 Å². The first-order valence-electron chi connectivity index (χ1n) is 4.93. The van der Waals surface area contributed by atoms with E-state index in [4.69, 9.17) is 0 Å². The van der Waals surface area contributed by atoms with Crippen molar-refractivity contribution in [2.45, 2.75) is 30.1 Å². The molecule has 1 aliphatic rings. The van der Waals surface area contributed by atoms with Crippen molar-refractivity contribution in [2.75, 3.05) is 0 Å². The average molecular weight is 226 g/mol. The summed E-state index contributed by atoms with van der Waals surface area (Å²) in [7, 11) is 0. The molecule has 2 rings (SSSR count). The summed E-state index contributed by atoms with van der Waals surface area (Å²) >= 11 is 4.18. The molecule has 0 radical (unpaired) electrons. The van der Waals surface area contributed by atoms with Crippen molar-refractivity contribution in [3.05, 3.63) is 35.9 Å².